The van der Waals surface area contributed by atoms with Crippen LogP contribution < -0.4 is 0 Å². The van der Waals surface area contributed by atoms with Gasteiger partial charge in [0.25, 0.3) is 0 Å². The predicted octanol–water partition coefficient (Wildman–Crippen LogP) is 4.69. The van der Waals surface area contributed by atoms with Gasteiger partial charge in [-0.15, -0.1) is 0 Å². The van der Waals surface area contributed by atoms with Crippen molar-refractivity contribution < 1.29 is 14.4 Å². The summed E-state index contributed by atoms with van der Waals surface area (Å²) in [5.74, 6) is -0.491. The Morgan fingerprint density at radius 3 is 1.89 bits per heavy atom. The molecular formula is C24H18O3. The van der Waals surface area contributed by atoms with Crippen LogP contribution in [0, 0.1) is 11.3 Å². The van der Waals surface area contributed by atoms with E-state index in [2.05, 4.69) is 0 Å². The van der Waals surface area contributed by atoms with Gasteiger partial charge in [-0.3, -0.25) is 14.4 Å². The lowest BCUT2D eigenvalue weighted by Gasteiger charge is -2.36. The monoisotopic (exact) mass is 354 g/mol. The third-order valence-electron chi connectivity index (χ3n) is 6.03. The first-order valence-corrected chi connectivity index (χ1v) is 9.17. The molecule has 3 nitrogen and oxygen atoms in total. The zero-order valence-corrected chi connectivity index (χ0v) is 15.2. The van der Waals surface area contributed by atoms with Crippen molar-refractivity contribution in [3.63, 3.8) is 0 Å². The van der Waals surface area contributed by atoms with E-state index in [0.29, 0.717) is 17.5 Å². The maximum absolute atomic E-state index is 13.0. The smallest absolute Gasteiger partial charge is 0.197 e. The molecule has 0 N–H and O–H groups in total. The Morgan fingerprint density at radius 2 is 1.30 bits per heavy atom. The van der Waals surface area contributed by atoms with Crippen LogP contribution in [0.5, 0.6) is 0 Å². The minimum Gasteiger partial charge on any atom is -0.293 e. The second-order valence-corrected chi connectivity index (χ2v) is 8.21. The van der Waals surface area contributed by atoms with Gasteiger partial charge in [0, 0.05) is 16.7 Å². The number of fused-ring (bicyclic) bond motifs is 4. The average Bonchev–Trinajstić information content (AvgIpc) is 3.08. The van der Waals surface area contributed by atoms with E-state index in [9.17, 15) is 14.4 Å². The van der Waals surface area contributed by atoms with Crippen LogP contribution in [-0.2, 0) is 0 Å². The summed E-state index contributed by atoms with van der Waals surface area (Å²) in [5.41, 5.74) is 4.21. The topological polar surface area (TPSA) is 51.2 Å². The fraction of sp³-hybridized carbons (Fsp3) is 0.208. The van der Waals surface area contributed by atoms with Gasteiger partial charge < -0.3 is 0 Å². The van der Waals surface area contributed by atoms with Crippen molar-refractivity contribution in [2.75, 3.05) is 0 Å². The zero-order chi connectivity index (χ0) is 18.9. The summed E-state index contributed by atoms with van der Waals surface area (Å²) in [7, 11) is 0. The Labute approximate surface area is 157 Å². The van der Waals surface area contributed by atoms with Gasteiger partial charge in [-0.05, 0) is 28.5 Å². The number of ketones is 3. The number of allylic oxidation sites excluding steroid dienone is 4. The van der Waals surface area contributed by atoms with Crippen molar-refractivity contribution in [3.05, 3.63) is 88.0 Å². The molecule has 132 valence electrons. The third-order valence-corrected chi connectivity index (χ3v) is 6.03. The Kier molecular flexibility index (Phi) is 3.12. The van der Waals surface area contributed by atoms with Crippen LogP contribution in [0.15, 0.2) is 65.8 Å². The normalized spacial score (nSPS) is 22.5. The molecule has 2 aromatic carbocycles. The Bertz CT molecular complexity index is 1090. The lowest BCUT2D eigenvalue weighted by molar-refractivity contribution is 0.0874. The van der Waals surface area contributed by atoms with Gasteiger partial charge in [0.2, 0.25) is 0 Å². The molecule has 0 fully saturated rings. The molecule has 27 heavy (non-hydrogen) atoms. The molecule has 5 rings (SSSR count). The van der Waals surface area contributed by atoms with E-state index in [0.717, 1.165) is 22.3 Å². The predicted molar refractivity (Wildman–Crippen MR) is 103 cm³/mol. The van der Waals surface area contributed by atoms with Crippen molar-refractivity contribution in [3.8, 4) is 0 Å². The van der Waals surface area contributed by atoms with Crippen molar-refractivity contribution >= 4 is 22.9 Å². The van der Waals surface area contributed by atoms with Crippen LogP contribution in [0.25, 0.3) is 5.57 Å². The van der Waals surface area contributed by atoms with Crippen molar-refractivity contribution in [2.45, 2.75) is 20.3 Å². The van der Waals surface area contributed by atoms with E-state index in [1.165, 1.54) is 0 Å². The molecule has 0 amide bonds. The van der Waals surface area contributed by atoms with Crippen molar-refractivity contribution in [1.82, 2.24) is 0 Å². The molecule has 0 bridgehead atoms. The largest absolute Gasteiger partial charge is 0.293 e. The fourth-order valence-electron chi connectivity index (χ4n) is 4.87. The molecule has 1 unspecified atom stereocenters. The average molecular weight is 354 g/mol. The highest BCUT2D eigenvalue weighted by atomic mass is 16.2. The molecule has 0 saturated carbocycles. The molecule has 2 aromatic rings. The van der Waals surface area contributed by atoms with E-state index in [1.54, 1.807) is 24.3 Å². The fourth-order valence-corrected chi connectivity index (χ4v) is 4.87. The minimum atomic E-state index is -0.363. The van der Waals surface area contributed by atoms with Gasteiger partial charge in [-0.25, -0.2) is 0 Å². The van der Waals surface area contributed by atoms with E-state index in [4.69, 9.17) is 0 Å². The Hall–Kier alpha value is -3.07. The summed E-state index contributed by atoms with van der Waals surface area (Å²) >= 11 is 0. The first-order valence-electron chi connectivity index (χ1n) is 9.17. The number of hydrogen-bond donors (Lipinski definition) is 0. The lowest BCUT2D eigenvalue weighted by atomic mass is 9.66. The van der Waals surface area contributed by atoms with Gasteiger partial charge in [0.05, 0.1) is 11.5 Å². The molecule has 0 aromatic heterocycles. The molecule has 3 aliphatic carbocycles. The van der Waals surface area contributed by atoms with Crippen LogP contribution in [0.1, 0.15) is 56.9 Å². The molecule has 0 spiro atoms. The van der Waals surface area contributed by atoms with Crippen molar-refractivity contribution in [2.24, 2.45) is 11.3 Å². The second-order valence-electron chi connectivity index (χ2n) is 8.21. The molecule has 3 aliphatic rings. The summed E-state index contributed by atoms with van der Waals surface area (Å²) in [6.45, 7) is 4.10. The van der Waals surface area contributed by atoms with Crippen LogP contribution in [0.3, 0.4) is 0 Å². The van der Waals surface area contributed by atoms with Gasteiger partial charge in [-0.2, -0.15) is 0 Å². The third kappa shape index (κ3) is 2.05. The highest BCUT2D eigenvalue weighted by Gasteiger charge is 2.48. The van der Waals surface area contributed by atoms with Gasteiger partial charge in [-0.1, -0.05) is 68.5 Å². The summed E-state index contributed by atoms with van der Waals surface area (Å²) in [6.07, 6.45) is 2.46. The minimum absolute atomic E-state index is 0.137. The second kappa shape index (κ2) is 5.23. The lowest BCUT2D eigenvalue weighted by Crippen LogP contribution is -2.32. The summed E-state index contributed by atoms with van der Waals surface area (Å²) in [4.78, 5) is 38.9. The number of Topliss-reactive ketones (excluding diaryl/α,β-unsaturated/α-hetero) is 3. The Morgan fingerprint density at radius 1 is 0.778 bits per heavy atom. The highest BCUT2D eigenvalue weighted by molar-refractivity contribution is 6.40. The summed E-state index contributed by atoms with van der Waals surface area (Å²) in [6, 6.07) is 14.6. The Balaban J connectivity index is 1.75. The standard InChI is InChI=1S/C24H18O3/c1-24(2)12-13(19-21(25)16-9-5-6-10-17(16)22(19)26)11-18-14-7-3-4-8-15(14)23(27)20(18)24/h3-11,20H,12H2,1-2H3. The molecule has 0 heterocycles. The van der Waals surface area contributed by atoms with Gasteiger partial charge in [0.1, 0.15) is 0 Å². The SMILES string of the molecule is CC1(C)CC(=C2C(=O)c3ccccc3C2=O)C=C2c3ccccc3C(=O)C21. The first-order chi connectivity index (χ1) is 12.9. The number of carbonyl (C=O) groups excluding carboxylic acids is 3. The van der Waals surface area contributed by atoms with E-state index in [1.807, 2.05) is 44.2 Å². The molecular weight excluding hydrogens is 336 g/mol. The van der Waals surface area contributed by atoms with Crippen LogP contribution in [-0.4, -0.2) is 17.3 Å². The molecule has 0 saturated heterocycles. The van der Waals surface area contributed by atoms with Gasteiger partial charge in [0.15, 0.2) is 17.3 Å². The molecule has 0 radical (unpaired) electrons. The maximum Gasteiger partial charge on any atom is 0.197 e. The van der Waals surface area contributed by atoms with Crippen molar-refractivity contribution in [1.29, 1.82) is 0 Å². The molecule has 0 aliphatic heterocycles. The zero-order valence-electron chi connectivity index (χ0n) is 15.2. The number of benzene rings is 2. The van der Waals surface area contributed by atoms with E-state index < -0.39 is 0 Å². The molecule has 1 atom stereocenters. The number of hydrogen-bond acceptors (Lipinski definition) is 3. The number of carbonyl (C=O) groups is 3. The van der Waals surface area contributed by atoms with Gasteiger partial charge >= 0.3 is 0 Å². The summed E-state index contributed by atoms with van der Waals surface area (Å²) in [5, 5.41) is 0. The van der Waals surface area contributed by atoms with E-state index in [-0.39, 0.29) is 34.3 Å². The van der Waals surface area contributed by atoms with Crippen LogP contribution >= 0.6 is 0 Å². The quantitative estimate of drug-likeness (QED) is 0.509. The summed E-state index contributed by atoms with van der Waals surface area (Å²) < 4.78 is 0. The van der Waals surface area contributed by atoms with Crippen LogP contribution in [0.2, 0.25) is 0 Å². The van der Waals surface area contributed by atoms with Crippen LogP contribution in [0.4, 0.5) is 0 Å². The maximum atomic E-state index is 13.0. The molecule has 3 heteroatoms. The highest BCUT2D eigenvalue weighted by Crippen LogP contribution is 2.53. The number of rotatable bonds is 0. The first kappa shape index (κ1) is 16.1. The van der Waals surface area contributed by atoms with E-state index >= 15 is 0 Å².